The summed E-state index contributed by atoms with van der Waals surface area (Å²) in [6.45, 7) is 0.292. The van der Waals surface area contributed by atoms with Gasteiger partial charge in [-0.25, -0.2) is 4.98 Å². The van der Waals surface area contributed by atoms with E-state index in [4.69, 9.17) is 9.15 Å². The molecule has 0 atom stereocenters. The number of halogens is 3. The molecule has 0 unspecified atom stereocenters. The van der Waals surface area contributed by atoms with Gasteiger partial charge in [0.15, 0.2) is 12.2 Å². The number of nitrogens with zero attached hydrogens (tertiary/aromatic N) is 2. The van der Waals surface area contributed by atoms with E-state index in [2.05, 4.69) is 4.98 Å². The molecular weight excluding hydrogens is 397 g/mol. The zero-order valence-electron chi connectivity index (χ0n) is 15.9. The van der Waals surface area contributed by atoms with Gasteiger partial charge >= 0.3 is 6.18 Å². The lowest BCUT2D eigenvalue weighted by molar-refractivity contribution is -0.137. The summed E-state index contributed by atoms with van der Waals surface area (Å²) in [6.07, 6.45) is 0.317. The van der Waals surface area contributed by atoms with Crippen molar-refractivity contribution >= 4 is 11.3 Å². The molecule has 5 nitrogen and oxygen atoms in total. The van der Waals surface area contributed by atoms with Gasteiger partial charge < -0.3 is 13.6 Å². The highest BCUT2D eigenvalue weighted by Gasteiger charge is 2.30. The van der Waals surface area contributed by atoms with Crippen LogP contribution in [0, 0.1) is 0 Å². The van der Waals surface area contributed by atoms with Gasteiger partial charge in [0.25, 0.3) is 0 Å². The van der Waals surface area contributed by atoms with E-state index in [0.717, 1.165) is 17.6 Å². The Morgan fingerprint density at radius 2 is 1.87 bits per heavy atom. The van der Waals surface area contributed by atoms with Gasteiger partial charge in [-0.1, -0.05) is 18.2 Å². The minimum absolute atomic E-state index is 0.102. The Hall–Kier alpha value is -3.39. The number of carbonyl (C=O) groups excluding carboxylic acids is 1. The van der Waals surface area contributed by atoms with Crippen LogP contribution in [-0.4, -0.2) is 28.9 Å². The van der Waals surface area contributed by atoms with Crippen molar-refractivity contribution in [3.63, 3.8) is 0 Å². The molecule has 3 aromatic heterocycles. The molecule has 0 saturated heterocycles. The Bertz CT molecular complexity index is 1180. The van der Waals surface area contributed by atoms with Crippen LogP contribution in [-0.2, 0) is 10.9 Å². The second kappa shape index (κ2) is 7.79. The highest BCUT2D eigenvalue weighted by atomic mass is 19.4. The third-order valence-corrected chi connectivity index (χ3v) is 4.82. The van der Waals surface area contributed by atoms with E-state index in [1.807, 2.05) is 6.07 Å². The summed E-state index contributed by atoms with van der Waals surface area (Å²) in [5.74, 6) is -0.102. The van der Waals surface area contributed by atoms with Crippen LogP contribution in [0.4, 0.5) is 13.2 Å². The number of methoxy groups -OCH3 is 1. The molecule has 0 fully saturated rings. The molecule has 0 saturated carbocycles. The summed E-state index contributed by atoms with van der Waals surface area (Å²) < 4.78 is 50.4. The van der Waals surface area contributed by atoms with E-state index in [1.165, 1.54) is 31.9 Å². The number of ether oxygens (including phenoxy) is 1. The third kappa shape index (κ3) is 3.73. The fourth-order valence-electron chi connectivity index (χ4n) is 3.32. The molecule has 0 bridgehead atoms. The van der Waals surface area contributed by atoms with E-state index in [0.29, 0.717) is 34.7 Å². The molecule has 0 radical (unpaired) electrons. The average molecular weight is 414 g/mol. The van der Waals surface area contributed by atoms with Crippen molar-refractivity contribution < 1.29 is 27.1 Å². The van der Waals surface area contributed by atoms with Crippen LogP contribution in [0.5, 0.6) is 0 Å². The molecule has 0 aliphatic rings. The van der Waals surface area contributed by atoms with Crippen molar-refractivity contribution in [2.75, 3.05) is 13.7 Å². The number of alkyl halides is 3. The molecule has 8 heteroatoms. The van der Waals surface area contributed by atoms with Gasteiger partial charge in [0.05, 0.1) is 17.9 Å². The fraction of sp³-hybridized carbons (Fsp3) is 0.182. The van der Waals surface area contributed by atoms with E-state index >= 15 is 0 Å². The maximum Gasteiger partial charge on any atom is 0.416 e. The van der Waals surface area contributed by atoms with Gasteiger partial charge in [-0.3, -0.25) is 4.79 Å². The number of carbonyl (C=O) groups is 1. The second-order valence-corrected chi connectivity index (χ2v) is 6.73. The topological polar surface area (TPSA) is 56.7 Å². The summed E-state index contributed by atoms with van der Waals surface area (Å²) >= 11 is 0. The van der Waals surface area contributed by atoms with E-state index in [-0.39, 0.29) is 12.2 Å². The monoisotopic (exact) mass is 414 g/mol. The van der Waals surface area contributed by atoms with Crippen molar-refractivity contribution in [3.8, 4) is 22.5 Å². The Morgan fingerprint density at radius 1 is 1.13 bits per heavy atom. The Morgan fingerprint density at radius 3 is 2.50 bits per heavy atom. The van der Waals surface area contributed by atoms with Crippen LogP contribution in [0.25, 0.3) is 28.0 Å². The summed E-state index contributed by atoms with van der Waals surface area (Å²) in [6, 6.07) is 10.3. The summed E-state index contributed by atoms with van der Waals surface area (Å²) in [4.78, 5) is 16.9. The van der Waals surface area contributed by atoms with Gasteiger partial charge in [0.1, 0.15) is 12.0 Å². The third-order valence-electron chi connectivity index (χ3n) is 4.82. The highest BCUT2D eigenvalue weighted by Crippen LogP contribution is 2.33. The number of ketones is 1. The van der Waals surface area contributed by atoms with Crippen LogP contribution in [0.2, 0.25) is 0 Å². The van der Waals surface area contributed by atoms with Crippen LogP contribution < -0.4 is 0 Å². The molecule has 0 aliphatic heterocycles. The second-order valence-electron chi connectivity index (χ2n) is 6.73. The first-order valence-corrected chi connectivity index (χ1v) is 9.12. The van der Waals surface area contributed by atoms with Crippen molar-refractivity contribution in [1.29, 1.82) is 0 Å². The molecule has 4 rings (SSSR count). The predicted octanol–water partition coefficient (Wildman–Crippen LogP) is 5.50. The van der Waals surface area contributed by atoms with Crippen LogP contribution >= 0.6 is 0 Å². The number of pyridine rings is 1. The Kier molecular flexibility index (Phi) is 5.17. The normalized spacial score (nSPS) is 11.9. The minimum Gasteiger partial charge on any atom is -0.451 e. The number of aromatic nitrogens is 2. The van der Waals surface area contributed by atoms with E-state index in [1.54, 1.807) is 22.7 Å². The van der Waals surface area contributed by atoms with E-state index < -0.39 is 11.7 Å². The predicted molar refractivity (Wildman–Crippen MR) is 104 cm³/mol. The van der Waals surface area contributed by atoms with Crippen molar-refractivity contribution in [3.05, 3.63) is 72.4 Å². The smallest absolute Gasteiger partial charge is 0.416 e. The average Bonchev–Trinajstić information content (AvgIpc) is 3.38. The number of rotatable bonds is 6. The number of hydrogen-bond acceptors (Lipinski definition) is 4. The van der Waals surface area contributed by atoms with Gasteiger partial charge in [-0.15, -0.1) is 0 Å². The molecule has 0 aliphatic carbocycles. The largest absolute Gasteiger partial charge is 0.451 e. The van der Waals surface area contributed by atoms with Gasteiger partial charge in [-0.2, -0.15) is 13.2 Å². The minimum atomic E-state index is -4.39. The zero-order valence-corrected chi connectivity index (χ0v) is 15.9. The molecule has 30 heavy (non-hydrogen) atoms. The Balaban J connectivity index is 1.82. The molecule has 0 amide bonds. The molecule has 0 spiro atoms. The Labute approximate surface area is 169 Å². The van der Waals surface area contributed by atoms with Crippen LogP contribution in [0.15, 0.2) is 65.7 Å². The molecule has 4 aromatic rings. The molecule has 154 valence electrons. The van der Waals surface area contributed by atoms with Crippen molar-refractivity contribution in [2.45, 2.75) is 12.6 Å². The lowest BCUT2D eigenvalue weighted by Crippen LogP contribution is -2.04. The molecule has 0 N–H and O–H groups in total. The quantitative estimate of drug-likeness (QED) is 0.391. The lowest BCUT2D eigenvalue weighted by atomic mass is 10.1. The first-order valence-electron chi connectivity index (χ1n) is 9.12. The van der Waals surface area contributed by atoms with Gasteiger partial charge in [0, 0.05) is 30.8 Å². The number of Topliss-reactive ketones (excluding diaryl/α,β-unsaturated/α-hetero) is 1. The molecular formula is C22H17F3N2O3. The van der Waals surface area contributed by atoms with Gasteiger partial charge in [-0.05, 0) is 35.4 Å². The highest BCUT2D eigenvalue weighted by molar-refractivity contribution is 6.03. The maximum atomic E-state index is 12.8. The number of fused-ring (bicyclic) bond motifs is 1. The standard InChI is InChI=1S/C22H17F3N2O3/c1-29-9-8-20(28)18-10-17-7-4-15(11-27(17)21(18)19-12-30-13-26-19)14-2-5-16(6-3-14)22(23,24)25/h2-7,10-13H,8-9H2,1H3. The van der Waals surface area contributed by atoms with Gasteiger partial charge in [0.2, 0.25) is 0 Å². The molecule has 1 aromatic carbocycles. The summed E-state index contributed by atoms with van der Waals surface area (Å²) in [5.41, 5.74) is 2.90. The molecule has 3 heterocycles. The number of benzene rings is 1. The zero-order chi connectivity index (χ0) is 21.3. The number of hydrogen-bond donors (Lipinski definition) is 0. The fourth-order valence-corrected chi connectivity index (χ4v) is 3.32. The summed E-state index contributed by atoms with van der Waals surface area (Å²) in [5, 5.41) is 0. The first kappa shape index (κ1) is 19.9. The van der Waals surface area contributed by atoms with Crippen LogP contribution in [0.3, 0.4) is 0 Å². The summed E-state index contributed by atoms with van der Waals surface area (Å²) in [7, 11) is 1.53. The maximum absolute atomic E-state index is 12.8. The SMILES string of the molecule is COCCC(=O)c1cc2ccc(-c3ccc(C(F)(F)F)cc3)cn2c1-c1cocn1. The number of oxazole rings is 1. The lowest BCUT2D eigenvalue weighted by Gasteiger charge is -2.09. The van der Waals surface area contributed by atoms with Crippen LogP contribution in [0.1, 0.15) is 22.3 Å². The van der Waals surface area contributed by atoms with Crippen molar-refractivity contribution in [1.82, 2.24) is 9.38 Å². The first-order chi connectivity index (χ1) is 14.4. The van der Waals surface area contributed by atoms with Crippen molar-refractivity contribution in [2.24, 2.45) is 0 Å². The van der Waals surface area contributed by atoms with E-state index in [9.17, 15) is 18.0 Å².